The van der Waals surface area contributed by atoms with E-state index in [9.17, 15) is 5.11 Å². The maximum atomic E-state index is 9.60. The molecule has 15 heavy (non-hydrogen) atoms. The average Bonchev–Trinajstić information content (AvgIpc) is 2.71. The van der Waals surface area contributed by atoms with E-state index >= 15 is 0 Å². The van der Waals surface area contributed by atoms with Crippen molar-refractivity contribution >= 4 is 0 Å². The molecule has 1 aromatic carbocycles. The molecule has 2 rings (SSSR count). The number of benzene rings is 1. The van der Waals surface area contributed by atoms with Crippen molar-refractivity contribution in [2.45, 2.75) is 44.8 Å². The van der Waals surface area contributed by atoms with E-state index < -0.39 is 6.10 Å². The predicted octanol–water partition coefficient (Wildman–Crippen LogP) is 3.06. The zero-order valence-electron chi connectivity index (χ0n) is 9.15. The lowest BCUT2D eigenvalue weighted by Gasteiger charge is -2.17. The standard InChI is InChI=1S/C13H18O2/c1-10(14)12-8-4-5-9-13(12)15-11-6-2-3-7-11/h4-5,8-11,14H,2-3,6-7H2,1H3/t10-/m0/s1. The van der Waals surface area contributed by atoms with Crippen molar-refractivity contribution in [1.82, 2.24) is 0 Å². The third-order valence-corrected chi connectivity index (χ3v) is 2.96. The summed E-state index contributed by atoms with van der Waals surface area (Å²) in [5.74, 6) is 0.847. The number of aliphatic hydroxyl groups excluding tert-OH is 1. The van der Waals surface area contributed by atoms with Crippen LogP contribution in [0.5, 0.6) is 5.75 Å². The van der Waals surface area contributed by atoms with E-state index in [1.54, 1.807) is 6.92 Å². The number of hydrogen-bond donors (Lipinski definition) is 1. The minimum absolute atomic E-state index is 0.352. The van der Waals surface area contributed by atoms with Crippen LogP contribution in [0.3, 0.4) is 0 Å². The Kier molecular flexibility index (Phi) is 3.27. The van der Waals surface area contributed by atoms with Crippen LogP contribution in [0.1, 0.15) is 44.3 Å². The quantitative estimate of drug-likeness (QED) is 0.823. The first-order valence-corrected chi connectivity index (χ1v) is 5.71. The SMILES string of the molecule is C[C@H](O)c1ccccc1OC1CCCC1. The molecule has 2 heteroatoms. The Hall–Kier alpha value is -1.02. The summed E-state index contributed by atoms with van der Waals surface area (Å²) in [6, 6.07) is 7.76. The van der Waals surface area contributed by atoms with Crippen LogP contribution in [-0.2, 0) is 0 Å². The Morgan fingerprint density at radius 3 is 2.60 bits per heavy atom. The van der Waals surface area contributed by atoms with Crippen molar-refractivity contribution in [2.75, 3.05) is 0 Å². The fourth-order valence-electron chi connectivity index (χ4n) is 2.12. The minimum Gasteiger partial charge on any atom is -0.490 e. The molecule has 82 valence electrons. The van der Waals surface area contributed by atoms with Gasteiger partial charge in [0, 0.05) is 5.56 Å². The van der Waals surface area contributed by atoms with E-state index in [-0.39, 0.29) is 0 Å². The normalized spacial score (nSPS) is 19.1. The van der Waals surface area contributed by atoms with Gasteiger partial charge in [-0.15, -0.1) is 0 Å². The highest BCUT2D eigenvalue weighted by Gasteiger charge is 2.18. The Balaban J connectivity index is 2.12. The minimum atomic E-state index is -0.456. The largest absolute Gasteiger partial charge is 0.490 e. The highest BCUT2D eigenvalue weighted by atomic mass is 16.5. The Morgan fingerprint density at radius 2 is 1.93 bits per heavy atom. The molecule has 1 aromatic rings. The second kappa shape index (κ2) is 4.67. The number of ether oxygens (including phenoxy) is 1. The molecule has 0 aromatic heterocycles. The molecule has 1 saturated carbocycles. The summed E-state index contributed by atoms with van der Waals surface area (Å²) in [6.45, 7) is 1.77. The third-order valence-electron chi connectivity index (χ3n) is 2.96. The van der Waals surface area contributed by atoms with Crippen LogP contribution >= 0.6 is 0 Å². The van der Waals surface area contributed by atoms with E-state index in [1.165, 1.54) is 12.8 Å². The molecule has 0 unspecified atom stereocenters. The summed E-state index contributed by atoms with van der Waals surface area (Å²) >= 11 is 0. The highest BCUT2D eigenvalue weighted by molar-refractivity contribution is 5.34. The fraction of sp³-hybridized carbons (Fsp3) is 0.538. The van der Waals surface area contributed by atoms with Gasteiger partial charge in [-0.05, 0) is 38.7 Å². The molecule has 0 spiro atoms. The summed E-state index contributed by atoms with van der Waals surface area (Å²) in [4.78, 5) is 0. The Bertz CT molecular complexity index is 314. The average molecular weight is 206 g/mol. The summed E-state index contributed by atoms with van der Waals surface area (Å²) in [5.41, 5.74) is 0.893. The molecule has 1 fully saturated rings. The van der Waals surface area contributed by atoms with Crippen molar-refractivity contribution in [3.63, 3.8) is 0 Å². The van der Waals surface area contributed by atoms with E-state index in [2.05, 4.69) is 0 Å². The van der Waals surface area contributed by atoms with Gasteiger partial charge in [-0.1, -0.05) is 18.2 Å². The second-order valence-electron chi connectivity index (χ2n) is 4.24. The lowest BCUT2D eigenvalue weighted by molar-refractivity contribution is 0.174. The first-order chi connectivity index (χ1) is 7.27. The third kappa shape index (κ3) is 2.51. The molecule has 0 aliphatic heterocycles. The number of para-hydroxylation sites is 1. The first-order valence-electron chi connectivity index (χ1n) is 5.71. The van der Waals surface area contributed by atoms with Crippen LogP contribution in [-0.4, -0.2) is 11.2 Å². The van der Waals surface area contributed by atoms with Crippen LogP contribution in [0, 0.1) is 0 Å². The molecule has 1 N–H and O–H groups in total. The molecular weight excluding hydrogens is 188 g/mol. The van der Waals surface area contributed by atoms with Crippen LogP contribution in [0.25, 0.3) is 0 Å². The van der Waals surface area contributed by atoms with Gasteiger partial charge in [-0.25, -0.2) is 0 Å². The zero-order valence-corrected chi connectivity index (χ0v) is 9.15. The van der Waals surface area contributed by atoms with Gasteiger partial charge in [0.05, 0.1) is 12.2 Å². The summed E-state index contributed by atoms with van der Waals surface area (Å²) in [7, 11) is 0. The van der Waals surface area contributed by atoms with Gasteiger partial charge in [0.25, 0.3) is 0 Å². The van der Waals surface area contributed by atoms with Gasteiger partial charge in [-0.2, -0.15) is 0 Å². The topological polar surface area (TPSA) is 29.5 Å². The summed E-state index contributed by atoms with van der Waals surface area (Å²) < 4.78 is 5.91. The molecule has 0 bridgehead atoms. The molecule has 1 atom stereocenters. The van der Waals surface area contributed by atoms with Crippen LogP contribution in [0.4, 0.5) is 0 Å². The molecule has 0 amide bonds. The summed E-state index contributed by atoms with van der Waals surface area (Å²) in [6.07, 6.45) is 4.72. The lowest BCUT2D eigenvalue weighted by Crippen LogP contribution is -2.12. The molecular formula is C13H18O2. The number of hydrogen-bond acceptors (Lipinski definition) is 2. The van der Waals surface area contributed by atoms with Crippen molar-refractivity contribution in [1.29, 1.82) is 0 Å². The van der Waals surface area contributed by atoms with Gasteiger partial charge in [0.1, 0.15) is 5.75 Å². The molecule has 0 heterocycles. The summed E-state index contributed by atoms with van der Waals surface area (Å²) in [5, 5.41) is 9.60. The van der Waals surface area contributed by atoms with Crippen molar-refractivity contribution in [3.05, 3.63) is 29.8 Å². The lowest BCUT2D eigenvalue weighted by atomic mass is 10.1. The van der Waals surface area contributed by atoms with Crippen molar-refractivity contribution < 1.29 is 9.84 Å². The maximum absolute atomic E-state index is 9.60. The van der Waals surface area contributed by atoms with Crippen LogP contribution in [0.2, 0.25) is 0 Å². The van der Waals surface area contributed by atoms with E-state index in [1.807, 2.05) is 24.3 Å². The van der Waals surface area contributed by atoms with Crippen LogP contribution < -0.4 is 4.74 Å². The van der Waals surface area contributed by atoms with E-state index in [0.29, 0.717) is 6.10 Å². The highest BCUT2D eigenvalue weighted by Crippen LogP contribution is 2.29. The number of aliphatic hydroxyl groups is 1. The van der Waals surface area contributed by atoms with Gasteiger partial charge < -0.3 is 9.84 Å². The van der Waals surface area contributed by atoms with E-state index in [0.717, 1.165) is 24.2 Å². The first kappa shape index (κ1) is 10.5. The van der Waals surface area contributed by atoms with E-state index in [4.69, 9.17) is 4.74 Å². The number of rotatable bonds is 3. The smallest absolute Gasteiger partial charge is 0.125 e. The fourth-order valence-corrected chi connectivity index (χ4v) is 2.12. The van der Waals surface area contributed by atoms with Crippen molar-refractivity contribution in [2.24, 2.45) is 0 Å². The van der Waals surface area contributed by atoms with Crippen LogP contribution in [0.15, 0.2) is 24.3 Å². The molecule has 1 aliphatic rings. The zero-order chi connectivity index (χ0) is 10.7. The van der Waals surface area contributed by atoms with Crippen molar-refractivity contribution in [3.8, 4) is 5.75 Å². The Labute approximate surface area is 90.9 Å². The van der Waals surface area contributed by atoms with Gasteiger partial charge in [-0.3, -0.25) is 0 Å². The van der Waals surface area contributed by atoms with Gasteiger partial charge in [0.2, 0.25) is 0 Å². The molecule has 1 aliphatic carbocycles. The molecule has 0 saturated heterocycles. The maximum Gasteiger partial charge on any atom is 0.125 e. The Morgan fingerprint density at radius 1 is 1.27 bits per heavy atom. The second-order valence-corrected chi connectivity index (χ2v) is 4.24. The predicted molar refractivity (Wildman–Crippen MR) is 60.0 cm³/mol. The van der Waals surface area contributed by atoms with Gasteiger partial charge >= 0.3 is 0 Å². The molecule has 0 radical (unpaired) electrons. The van der Waals surface area contributed by atoms with Gasteiger partial charge in [0.15, 0.2) is 0 Å². The monoisotopic (exact) mass is 206 g/mol. The molecule has 2 nitrogen and oxygen atoms in total.